The van der Waals surface area contributed by atoms with Crippen molar-refractivity contribution in [3.8, 4) is 0 Å². The molecular formula is C53H54N2S. The van der Waals surface area contributed by atoms with Crippen molar-refractivity contribution in [3.63, 3.8) is 0 Å². The zero-order chi connectivity index (χ0) is 38.4. The van der Waals surface area contributed by atoms with E-state index in [1.54, 1.807) is 9.79 Å². The van der Waals surface area contributed by atoms with Gasteiger partial charge in [-0.2, -0.15) is 10.0 Å². The fourth-order valence-electron chi connectivity index (χ4n) is 9.60. The van der Waals surface area contributed by atoms with Gasteiger partial charge >= 0.3 is 0 Å². The molecule has 0 aromatic heterocycles. The molecule has 3 heteroatoms. The second-order valence-electron chi connectivity index (χ2n) is 16.9. The molecule has 282 valence electrons. The second kappa shape index (κ2) is 14.7. The molecule has 1 aliphatic carbocycles. The van der Waals surface area contributed by atoms with Gasteiger partial charge in [-0.1, -0.05) is 137 Å². The van der Waals surface area contributed by atoms with Crippen molar-refractivity contribution < 1.29 is 0 Å². The average Bonchev–Trinajstić information content (AvgIpc) is 3.72. The second-order valence-corrected chi connectivity index (χ2v) is 20.4. The summed E-state index contributed by atoms with van der Waals surface area (Å²) in [6.07, 6.45) is 20.7. The van der Waals surface area contributed by atoms with Crippen LogP contribution in [0.2, 0.25) is 0 Å². The molecule has 0 atom stereocenters. The lowest BCUT2D eigenvalue weighted by Gasteiger charge is -2.47. The molecule has 3 heterocycles. The van der Waals surface area contributed by atoms with Gasteiger partial charge in [-0.05, 0) is 131 Å². The number of rotatable bonds is 7. The Hall–Kier alpha value is -5.25. The first-order valence-corrected chi connectivity index (χ1v) is 22.5. The number of para-hydroxylation sites is 2. The molecule has 0 unspecified atom stereocenters. The van der Waals surface area contributed by atoms with Gasteiger partial charge in [0.1, 0.15) is 0 Å². The van der Waals surface area contributed by atoms with E-state index in [1.165, 1.54) is 98.5 Å². The number of anilines is 3. The highest BCUT2D eigenvalue weighted by molar-refractivity contribution is 8.34. The third-order valence-corrected chi connectivity index (χ3v) is 16.7. The van der Waals surface area contributed by atoms with E-state index in [4.69, 9.17) is 0 Å². The van der Waals surface area contributed by atoms with Gasteiger partial charge in [-0.3, -0.25) is 0 Å². The Bertz CT molecular complexity index is 2450. The zero-order valence-corrected chi connectivity index (χ0v) is 34.2. The predicted octanol–water partition coefficient (Wildman–Crippen LogP) is 14.9. The summed E-state index contributed by atoms with van der Waals surface area (Å²) in [6.45, 7) is 17.0. The van der Waals surface area contributed by atoms with Gasteiger partial charge < -0.3 is 9.80 Å². The van der Waals surface area contributed by atoms with Gasteiger partial charge in [-0.15, -0.1) is 0 Å². The lowest BCUT2D eigenvalue weighted by Crippen LogP contribution is -2.28. The molecule has 2 nitrogen and oxygen atoms in total. The fourth-order valence-corrected chi connectivity index (χ4v) is 14.1. The molecule has 0 amide bonds. The van der Waals surface area contributed by atoms with Crippen molar-refractivity contribution in [2.24, 2.45) is 0 Å². The van der Waals surface area contributed by atoms with E-state index in [1.807, 2.05) is 0 Å². The van der Waals surface area contributed by atoms with Gasteiger partial charge in [-0.25, -0.2) is 0 Å². The Morgan fingerprint density at radius 2 is 1.39 bits per heavy atom. The van der Waals surface area contributed by atoms with Crippen LogP contribution in [0.15, 0.2) is 167 Å². The van der Waals surface area contributed by atoms with E-state index in [0.717, 1.165) is 30.7 Å². The van der Waals surface area contributed by atoms with E-state index in [2.05, 4.69) is 183 Å². The van der Waals surface area contributed by atoms with E-state index < -0.39 is 10.0 Å². The van der Waals surface area contributed by atoms with Crippen LogP contribution in [-0.4, -0.2) is 23.0 Å². The van der Waals surface area contributed by atoms with Crippen LogP contribution >= 0.6 is 10.0 Å². The summed E-state index contributed by atoms with van der Waals surface area (Å²) >= 11 is 0. The summed E-state index contributed by atoms with van der Waals surface area (Å²) in [5.74, 6) is 2.60. The Morgan fingerprint density at radius 3 is 2.14 bits per heavy atom. The quantitative estimate of drug-likeness (QED) is 0.121. The topological polar surface area (TPSA) is 6.48 Å². The standard InChI is InChI=1S/C53H54N2S/c1-38(28-29-39(2)54-34-16-19-42-17-6-7-22-47(42)54)43-33-31-40(37-46(43)53(3,4)5)30-32-41-18-14-21-45-44(41)20-15-25-48(45)55-49-23-8-10-26-51(49)56(35-12-13-36-56)52-27-11-9-24-50(52)55/h6,8-11,14-15,17-18,20-21,23-33,37H,1-2,7,12-13,16,19,22,34-36H2,3-5H3/b29-28-,32-30+. The molecule has 0 bridgehead atoms. The molecule has 1 spiro atoms. The molecular weight excluding hydrogens is 697 g/mol. The Balaban J connectivity index is 1.03. The molecule has 9 rings (SSSR count). The average molecular weight is 751 g/mol. The Labute approximate surface area is 336 Å². The van der Waals surface area contributed by atoms with Gasteiger partial charge in [0.15, 0.2) is 0 Å². The van der Waals surface area contributed by atoms with Gasteiger partial charge in [0.2, 0.25) is 0 Å². The summed E-state index contributed by atoms with van der Waals surface area (Å²) in [5.41, 5.74) is 13.8. The SMILES string of the molecule is C=C(/C=C\C(=C)N1CCCC2=C1CCC=C2)c1ccc(/C=C/c2cccc3c(N4c5ccccc5S5(CCCC5)c5ccccc54)cccc23)cc1C(C)(C)C. The molecule has 0 saturated carbocycles. The van der Waals surface area contributed by atoms with Crippen LogP contribution in [0.3, 0.4) is 0 Å². The van der Waals surface area contributed by atoms with Crippen LogP contribution in [-0.2, 0) is 5.41 Å². The monoisotopic (exact) mass is 750 g/mol. The third-order valence-electron chi connectivity index (χ3n) is 12.3. The normalized spacial score (nSPS) is 18.1. The van der Waals surface area contributed by atoms with E-state index in [-0.39, 0.29) is 5.41 Å². The molecule has 56 heavy (non-hydrogen) atoms. The number of benzene rings is 5. The summed E-state index contributed by atoms with van der Waals surface area (Å²) in [5, 5.41) is 2.53. The van der Waals surface area contributed by atoms with E-state index in [9.17, 15) is 0 Å². The molecule has 4 aliphatic rings. The van der Waals surface area contributed by atoms with Crippen LogP contribution in [0.25, 0.3) is 28.5 Å². The third kappa shape index (κ3) is 6.40. The highest BCUT2D eigenvalue weighted by Gasteiger charge is 2.41. The van der Waals surface area contributed by atoms with Crippen molar-refractivity contribution >= 4 is 55.6 Å². The highest BCUT2D eigenvalue weighted by atomic mass is 32.3. The first-order chi connectivity index (χ1) is 27.2. The maximum absolute atomic E-state index is 4.56. The molecule has 1 fully saturated rings. The van der Waals surface area contributed by atoms with Crippen molar-refractivity contribution in [2.75, 3.05) is 23.0 Å². The van der Waals surface area contributed by atoms with Crippen LogP contribution in [0, 0.1) is 0 Å². The first-order valence-electron chi connectivity index (χ1n) is 20.6. The number of hydrogen-bond acceptors (Lipinski definition) is 2. The first kappa shape index (κ1) is 36.4. The lowest BCUT2D eigenvalue weighted by molar-refractivity contribution is 0.383. The number of nitrogens with zero attached hydrogens (tertiary/aromatic N) is 2. The largest absolute Gasteiger partial charge is 0.345 e. The summed E-state index contributed by atoms with van der Waals surface area (Å²) in [4.78, 5) is 8.09. The molecule has 5 aromatic rings. The van der Waals surface area contributed by atoms with Crippen LogP contribution in [0.5, 0.6) is 0 Å². The number of hydrogen-bond donors (Lipinski definition) is 0. The molecule has 0 N–H and O–H groups in total. The van der Waals surface area contributed by atoms with Gasteiger partial charge in [0, 0.05) is 33.1 Å². The molecule has 1 saturated heterocycles. The molecule has 0 radical (unpaired) electrons. The van der Waals surface area contributed by atoms with Crippen molar-refractivity contribution in [2.45, 2.75) is 74.5 Å². The van der Waals surface area contributed by atoms with Crippen molar-refractivity contribution in [3.05, 3.63) is 180 Å². The molecule has 5 aromatic carbocycles. The van der Waals surface area contributed by atoms with Gasteiger partial charge in [0.25, 0.3) is 0 Å². The highest BCUT2D eigenvalue weighted by Crippen LogP contribution is 2.74. The summed E-state index contributed by atoms with van der Waals surface area (Å²) < 4.78 is 0. The summed E-state index contributed by atoms with van der Waals surface area (Å²) in [7, 11) is -1.03. The Morgan fingerprint density at radius 1 is 0.696 bits per heavy atom. The fraction of sp³-hybridized carbons (Fsp3) is 0.245. The Kier molecular flexibility index (Phi) is 9.54. The minimum absolute atomic E-state index is 0.0534. The lowest BCUT2D eigenvalue weighted by atomic mass is 9.81. The van der Waals surface area contributed by atoms with Gasteiger partial charge in [0.05, 0.1) is 17.1 Å². The maximum Gasteiger partial charge on any atom is 0.0586 e. The van der Waals surface area contributed by atoms with Crippen molar-refractivity contribution in [1.29, 1.82) is 0 Å². The smallest absolute Gasteiger partial charge is 0.0586 e. The van der Waals surface area contributed by atoms with Crippen LogP contribution in [0.1, 0.15) is 81.5 Å². The van der Waals surface area contributed by atoms with Crippen LogP contribution < -0.4 is 4.90 Å². The van der Waals surface area contributed by atoms with E-state index in [0.29, 0.717) is 0 Å². The predicted molar refractivity (Wildman–Crippen MR) is 244 cm³/mol. The number of fused-ring (bicyclic) bond motifs is 5. The maximum atomic E-state index is 4.56. The minimum Gasteiger partial charge on any atom is -0.345 e. The van der Waals surface area contributed by atoms with Crippen LogP contribution in [0.4, 0.5) is 17.1 Å². The van der Waals surface area contributed by atoms with E-state index >= 15 is 0 Å². The zero-order valence-electron chi connectivity index (χ0n) is 33.4. The number of allylic oxidation sites excluding steroid dienone is 7. The minimum atomic E-state index is -1.03. The van der Waals surface area contributed by atoms with Crippen molar-refractivity contribution in [1.82, 2.24) is 4.90 Å². The molecule has 3 aliphatic heterocycles. The summed E-state index contributed by atoms with van der Waals surface area (Å²) in [6, 6.07) is 39.0.